The Morgan fingerprint density at radius 2 is 2.06 bits per heavy atom. The van der Waals surface area contributed by atoms with Crippen molar-refractivity contribution in [3.8, 4) is 11.3 Å². The van der Waals surface area contributed by atoms with Gasteiger partial charge >= 0.3 is 0 Å². The van der Waals surface area contributed by atoms with Crippen LogP contribution in [-0.2, 0) is 13.0 Å². The molecule has 1 aromatic heterocycles. The highest BCUT2D eigenvalue weighted by molar-refractivity contribution is 5.55. The lowest BCUT2D eigenvalue weighted by atomic mass is 10.0. The van der Waals surface area contributed by atoms with E-state index in [1.165, 1.54) is 0 Å². The summed E-state index contributed by atoms with van der Waals surface area (Å²) in [6.45, 7) is 3.17. The summed E-state index contributed by atoms with van der Waals surface area (Å²) in [5, 5.41) is 12.3. The molecule has 0 bridgehead atoms. The zero-order valence-electron chi connectivity index (χ0n) is 9.97. The number of nitrogens with zero attached hydrogens (tertiary/aromatic N) is 2. The zero-order chi connectivity index (χ0) is 11.8. The largest absolute Gasteiger partial charge is 0.710 e. The standard InChI is InChI=1S/C14H16N2O/c1-11-7-8-15-10-13(16(17)14(15)9-11)12-5-3-2-4-6-12/h2-6,10-11H,7-9H2,1H3. The van der Waals surface area contributed by atoms with Crippen LogP contribution >= 0.6 is 0 Å². The third-order valence-electron chi connectivity index (χ3n) is 3.53. The Balaban J connectivity index is 2.08. The molecule has 2 heterocycles. The van der Waals surface area contributed by atoms with Crippen molar-refractivity contribution in [1.82, 2.24) is 4.57 Å². The van der Waals surface area contributed by atoms with Gasteiger partial charge in [0, 0.05) is 5.56 Å². The summed E-state index contributed by atoms with van der Waals surface area (Å²) < 4.78 is 3.21. The number of imidazole rings is 1. The van der Waals surface area contributed by atoms with Gasteiger partial charge in [-0.3, -0.25) is 0 Å². The Hall–Kier alpha value is -1.77. The molecule has 1 atom stereocenters. The second-order valence-electron chi connectivity index (χ2n) is 4.88. The van der Waals surface area contributed by atoms with Crippen LogP contribution in [0.4, 0.5) is 0 Å². The molecule has 17 heavy (non-hydrogen) atoms. The third kappa shape index (κ3) is 1.71. The van der Waals surface area contributed by atoms with Crippen molar-refractivity contribution in [1.29, 1.82) is 0 Å². The van der Waals surface area contributed by atoms with E-state index in [2.05, 4.69) is 11.5 Å². The maximum absolute atomic E-state index is 12.3. The molecule has 1 aliphatic rings. The first-order chi connectivity index (χ1) is 8.25. The fourth-order valence-corrected chi connectivity index (χ4v) is 2.50. The van der Waals surface area contributed by atoms with E-state index in [0.717, 1.165) is 41.2 Å². The lowest BCUT2D eigenvalue weighted by molar-refractivity contribution is -0.603. The average molecular weight is 228 g/mol. The van der Waals surface area contributed by atoms with Crippen molar-refractivity contribution in [2.75, 3.05) is 0 Å². The van der Waals surface area contributed by atoms with Gasteiger partial charge in [-0.25, -0.2) is 9.30 Å². The number of hydrogen-bond acceptors (Lipinski definition) is 1. The summed E-state index contributed by atoms with van der Waals surface area (Å²) in [5.41, 5.74) is 1.77. The SMILES string of the molecule is CC1CCn2cc(-c3ccccc3)[n+]([O-])c2C1. The highest BCUT2D eigenvalue weighted by Crippen LogP contribution is 2.22. The van der Waals surface area contributed by atoms with Crippen LogP contribution in [0.25, 0.3) is 11.3 Å². The van der Waals surface area contributed by atoms with Crippen LogP contribution in [0.1, 0.15) is 19.2 Å². The summed E-state index contributed by atoms with van der Waals surface area (Å²) in [5.74, 6) is 1.52. The number of aryl methyl sites for hydroxylation is 1. The van der Waals surface area contributed by atoms with E-state index >= 15 is 0 Å². The molecule has 3 rings (SSSR count). The Labute approximate surface area is 101 Å². The molecule has 0 amide bonds. The molecular formula is C14H16N2O. The van der Waals surface area contributed by atoms with Crippen molar-refractivity contribution in [2.45, 2.75) is 26.3 Å². The summed E-state index contributed by atoms with van der Waals surface area (Å²) in [4.78, 5) is 0. The van der Waals surface area contributed by atoms with E-state index in [1.54, 1.807) is 0 Å². The van der Waals surface area contributed by atoms with Gasteiger partial charge in [-0.2, -0.15) is 0 Å². The van der Waals surface area contributed by atoms with E-state index in [0.29, 0.717) is 5.92 Å². The van der Waals surface area contributed by atoms with Crippen LogP contribution in [0.15, 0.2) is 36.5 Å². The van der Waals surface area contributed by atoms with E-state index in [4.69, 9.17) is 0 Å². The first-order valence-electron chi connectivity index (χ1n) is 6.12. The highest BCUT2D eigenvalue weighted by Gasteiger charge is 2.26. The maximum Gasteiger partial charge on any atom is 0.260 e. The van der Waals surface area contributed by atoms with Crippen LogP contribution < -0.4 is 4.73 Å². The molecule has 3 nitrogen and oxygen atoms in total. The lowest BCUT2D eigenvalue weighted by Gasteiger charge is -2.16. The van der Waals surface area contributed by atoms with Crippen molar-refractivity contribution in [2.24, 2.45) is 5.92 Å². The van der Waals surface area contributed by atoms with Gasteiger partial charge in [0.1, 0.15) is 6.20 Å². The number of benzene rings is 1. The molecule has 1 unspecified atom stereocenters. The van der Waals surface area contributed by atoms with Gasteiger partial charge in [0.2, 0.25) is 0 Å². The lowest BCUT2D eigenvalue weighted by Crippen LogP contribution is -2.35. The highest BCUT2D eigenvalue weighted by atomic mass is 16.5. The topological polar surface area (TPSA) is 31.9 Å². The summed E-state index contributed by atoms with van der Waals surface area (Å²) in [7, 11) is 0. The first-order valence-corrected chi connectivity index (χ1v) is 6.12. The molecular weight excluding hydrogens is 212 g/mol. The van der Waals surface area contributed by atoms with Crippen LogP contribution in [-0.4, -0.2) is 4.57 Å². The minimum absolute atomic E-state index is 0.612. The molecule has 0 spiro atoms. The summed E-state index contributed by atoms with van der Waals surface area (Å²) in [6.07, 6.45) is 4.04. The van der Waals surface area contributed by atoms with Crippen molar-refractivity contribution in [3.63, 3.8) is 0 Å². The smallest absolute Gasteiger partial charge is 0.260 e. The number of fused-ring (bicyclic) bond motifs is 1. The molecule has 1 aromatic carbocycles. The Bertz CT molecular complexity index is 531. The summed E-state index contributed by atoms with van der Waals surface area (Å²) >= 11 is 0. The van der Waals surface area contributed by atoms with E-state index in [9.17, 15) is 5.21 Å². The first kappa shape index (κ1) is 10.4. The second kappa shape index (κ2) is 3.91. The number of hydrogen-bond donors (Lipinski definition) is 0. The van der Waals surface area contributed by atoms with Gasteiger partial charge in [-0.05, 0) is 12.3 Å². The molecule has 3 heteroatoms. The van der Waals surface area contributed by atoms with Crippen molar-refractivity contribution in [3.05, 3.63) is 47.6 Å². The van der Waals surface area contributed by atoms with Gasteiger partial charge in [-0.15, -0.1) is 0 Å². The second-order valence-corrected chi connectivity index (χ2v) is 4.88. The Morgan fingerprint density at radius 1 is 1.29 bits per heavy atom. The van der Waals surface area contributed by atoms with Gasteiger partial charge in [0.15, 0.2) is 5.69 Å². The minimum atomic E-state index is 0.612. The van der Waals surface area contributed by atoms with E-state index < -0.39 is 0 Å². The van der Waals surface area contributed by atoms with E-state index in [-0.39, 0.29) is 0 Å². The molecule has 2 aromatic rings. The monoisotopic (exact) mass is 228 g/mol. The van der Waals surface area contributed by atoms with E-state index in [1.807, 2.05) is 36.5 Å². The quantitative estimate of drug-likeness (QED) is 0.544. The Morgan fingerprint density at radius 3 is 2.82 bits per heavy atom. The molecule has 0 N–H and O–H groups in total. The molecule has 0 saturated heterocycles. The van der Waals surface area contributed by atoms with Gasteiger partial charge < -0.3 is 5.21 Å². The molecule has 0 fully saturated rings. The van der Waals surface area contributed by atoms with Crippen LogP contribution in [0.5, 0.6) is 0 Å². The van der Waals surface area contributed by atoms with Crippen molar-refractivity contribution < 1.29 is 4.73 Å². The molecule has 0 radical (unpaired) electrons. The zero-order valence-corrected chi connectivity index (χ0v) is 9.97. The molecule has 1 aliphatic heterocycles. The van der Waals surface area contributed by atoms with Gasteiger partial charge in [-0.1, -0.05) is 37.3 Å². The van der Waals surface area contributed by atoms with Crippen molar-refractivity contribution >= 4 is 0 Å². The number of rotatable bonds is 1. The predicted octanol–water partition coefficient (Wildman–Crippen LogP) is 2.37. The van der Waals surface area contributed by atoms with Gasteiger partial charge in [0.25, 0.3) is 5.82 Å². The molecule has 88 valence electrons. The normalized spacial score (nSPS) is 19.0. The average Bonchev–Trinajstić information content (AvgIpc) is 2.68. The van der Waals surface area contributed by atoms with Crippen LogP contribution in [0, 0.1) is 11.1 Å². The predicted molar refractivity (Wildman–Crippen MR) is 66.3 cm³/mol. The van der Waals surface area contributed by atoms with Gasteiger partial charge in [0.05, 0.1) is 13.0 Å². The third-order valence-corrected chi connectivity index (χ3v) is 3.53. The Kier molecular flexibility index (Phi) is 2.39. The maximum atomic E-state index is 12.3. The molecule has 0 saturated carbocycles. The minimum Gasteiger partial charge on any atom is -0.710 e. The fraction of sp³-hybridized carbons (Fsp3) is 0.357. The fourth-order valence-electron chi connectivity index (χ4n) is 2.50. The molecule has 0 aliphatic carbocycles. The summed E-state index contributed by atoms with van der Waals surface area (Å²) in [6, 6.07) is 9.87. The van der Waals surface area contributed by atoms with Crippen LogP contribution in [0.3, 0.4) is 0 Å². The van der Waals surface area contributed by atoms with Crippen LogP contribution in [0.2, 0.25) is 0 Å². The number of aromatic nitrogens is 2.